The maximum absolute atomic E-state index is 5.21. The van der Waals surface area contributed by atoms with Gasteiger partial charge in [0.15, 0.2) is 0 Å². The zero-order chi connectivity index (χ0) is 11.4. The van der Waals surface area contributed by atoms with Gasteiger partial charge in [0.25, 0.3) is 0 Å². The fraction of sp³-hybridized carbons (Fsp3) is 0.667. The molecular formula is C12H21NOS. The van der Waals surface area contributed by atoms with Crippen molar-refractivity contribution in [2.45, 2.75) is 39.8 Å². The maximum atomic E-state index is 5.21. The average Bonchev–Trinajstić information content (AvgIpc) is 2.53. The molecule has 1 rings (SSSR count). The molecule has 0 bridgehead atoms. The standard InChI is InChI=1S/C12H21NOS/c1-8(14-5)7-13-10(3)12-6-9(2)15-11(12)4/h6,8,10,13H,7H2,1-5H3. The van der Waals surface area contributed by atoms with Crippen molar-refractivity contribution in [2.75, 3.05) is 13.7 Å². The lowest BCUT2D eigenvalue weighted by Crippen LogP contribution is -2.28. The highest BCUT2D eigenvalue weighted by molar-refractivity contribution is 7.12. The van der Waals surface area contributed by atoms with E-state index in [0.29, 0.717) is 6.04 Å². The second kappa shape index (κ2) is 5.64. The first-order valence-corrected chi connectivity index (χ1v) is 6.19. The van der Waals surface area contributed by atoms with E-state index in [1.165, 1.54) is 15.3 Å². The van der Waals surface area contributed by atoms with Crippen LogP contribution in [0, 0.1) is 13.8 Å². The summed E-state index contributed by atoms with van der Waals surface area (Å²) in [4.78, 5) is 2.80. The van der Waals surface area contributed by atoms with E-state index in [-0.39, 0.29) is 6.10 Å². The number of hydrogen-bond acceptors (Lipinski definition) is 3. The summed E-state index contributed by atoms with van der Waals surface area (Å²) >= 11 is 1.87. The van der Waals surface area contributed by atoms with E-state index in [0.717, 1.165) is 6.54 Å². The summed E-state index contributed by atoms with van der Waals surface area (Å²) in [5.74, 6) is 0. The van der Waals surface area contributed by atoms with Crippen LogP contribution in [-0.2, 0) is 4.74 Å². The van der Waals surface area contributed by atoms with Crippen LogP contribution in [0.2, 0.25) is 0 Å². The van der Waals surface area contributed by atoms with Gasteiger partial charge in [0, 0.05) is 29.5 Å². The molecular weight excluding hydrogens is 206 g/mol. The second-order valence-corrected chi connectivity index (χ2v) is 5.51. The van der Waals surface area contributed by atoms with Crippen molar-refractivity contribution >= 4 is 11.3 Å². The highest BCUT2D eigenvalue weighted by Gasteiger charge is 2.11. The van der Waals surface area contributed by atoms with Gasteiger partial charge in [0.1, 0.15) is 0 Å². The molecule has 1 aromatic rings. The van der Waals surface area contributed by atoms with E-state index in [2.05, 4.69) is 39.1 Å². The van der Waals surface area contributed by atoms with Gasteiger partial charge < -0.3 is 10.1 Å². The van der Waals surface area contributed by atoms with Crippen LogP contribution >= 0.6 is 11.3 Å². The minimum absolute atomic E-state index is 0.271. The Hall–Kier alpha value is -0.380. The summed E-state index contributed by atoms with van der Waals surface area (Å²) in [5.41, 5.74) is 1.42. The van der Waals surface area contributed by atoms with E-state index in [4.69, 9.17) is 4.74 Å². The molecule has 1 heterocycles. The lowest BCUT2D eigenvalue weighted by Gasteiger charge is -2.16. The summed E-state index contributed by atoms with van der Waals surface area (Å²) in [5, 5.41) is 3.49. The molecule has 0 radical (unpaired) electrons. The highest BCUT2D eigenvalue weighted by Crippen LogP contribution is 2.25. The van der Waals surface area contributed by atoms with Crippen LogP contribution in [0.15, 0.2) is 6.07 Å². The Labute approximate surface area is 96.7 Å². The summed E-state index contributed by atoms with van der Waals surface area (Å²) in [6, 6.07) is 2.68. The summed E-state index contributed by atoms with van der Waals surface area (Å²) in [6.07, 6.45) is 0.271. The van der Waals surface area contributed by atoms with Crippen molar-refractivity contribution in [3.8, 4) is 0 Å². The normalized spacial score (nSPS) is 15.3. The molecule has 0 aliphatic rings. The predicted octanol–water partition coefficient (Wildman–Crippen LogP) is 3.05. The zero-order valence-electron chi connectivity index (χ0n) is 10.3. The van der Waals surface area contributed by atoms with E-state index in [1.807, 2.05) is 11.3 Å². The molecule has 0 aromatic carbocycles. The van der Waals surface area contributed by atoms with Crippen molar-refractivity contribution in [2.24, 2.45) is 0 Å². The van der Waals surface area contributed by atoms with Crippen molar-refractivity contribution in [3.63, 3.8) is 0 Å². The minimum atomic E-state index is 0.271. The summed E-state index contributed by atoms with van der Waals surface area (Å²) < 4.78 is 5.21. The van der Waals surface area contributed by atoms with Crippen LogP contribution in [0.4, 0.5) is 0 Å². The molecule has 1 N–H and O–H groups in total. The molecule has 15 heavy (non-hydrogen) atoms. The van der Waals surface area contributed by atoms with E-state index in [1.54, 1.807) is 7.11 Å². The van der Waals surface area contributed by atoms with Crippen LogP contribution in [0.25, 0.3) is 0 Å². The fourth-order valence-electron chi connectivity index (χ4n) is 1.62. The monoisotopic (exact) mass is 227 g/mol. The van der Waals surface area contributed by atoms with Gasteiger partial charge in [-0.1, -0.05) is 0 Å². The van der Waals surface area contributed by atoms with Gasteiger partial charge >= 0.3 is 0 Å². The van der Waals surface area contributed by atoms with Gasteiger partial charge in [0.05, 0.1) is 6.10 Å². The summed E-state index contributed by atoms with van der Waals surface area (Å²) in [6.45, 7) is 9.52. The average molecular weight is 227 g/mol. The lowest BCUT2D eigenvalue weighted by molar-refractivity contribution is 0.115. The molecule has 0 fully saturated rings. The van der Waals surface area contributed by atoms with E-state index in [9.17, 15) is 0 Å². The first-order chi connectivity index (χ1) is 7.04. The lowest BCUT2D eigenvalue weighted by atomic mass is 10.1. The van der Waals surface area contributed by atoms with Crippen LogP contribution in [0.1, 0.15) is 35.2 Å². The van der Waals surface area contributed by atoms with Gasteiger partial charge in [-0.05, 0) is 39.3 Å². The topological polar surface area (TPSA) is 21.3 Å². The number of nitrogens with one attached hydrogen (secondary N) is 1. The molecule has 0 aliphatic heterocycles. The van der Waals surface area contributed by atoms with Gasteiger partial charge in [-0.25, -0.2) is 0 Å². The third-order valence-corrected chi connectivity index (χ3v) is 3.64. The molecule has 1 aromatic heterocycles. The fourth-order valence-corrected chi connectivity index (χ4v) is 2.64. The Kier molecular flexibility index (Phi) is 4.77. The first-order valence-electron chi connectivity index (χ1n) is 5.37. The van der Waals surface area contributed by atoms with E-state index >= 15 is 0 Å². The molecule has 3 heteroatoms. The quantitative estimate of drug-likeness (QED) is 0.835. The molecule has 0 spiro atoms. The number of aryl methyl sites for hydroxylation is 2. The van der Waals surface area contributed by atoms with Crippen LogP contribution in [0.3, 0.4) is 0 Å². The first kappa shape index (κ1) is 12.7. The predicted molar refractivity (Wildman–Crippen MR) is 66.7 cm³/mol. The number of ether oxygens (including phenoxy) is 1. The van der Waals surface area contributed by atoms with Gasteiger partial charge in [-0.15, -0.1) is 11.3 Å². The Morgan fingerprint density at radius 2 is 2.07 bits per heavy atom. The van der Waals surface area contributed by atoms with E-state index < -0.39 is 0 Å². The molecule has 0 saturated heterocycles. The molecule has 2 nitrogen and oxygen atoms in total. The number of thiophene rings is 1. The third-order valence-electron chi connectivity index (χ3n) is 2.66. The summed E-state index contributed by atoms with van der Waals surface area (Å²) in [7, 11) is 1.75. The largest absolute Gasteiger partial charge is 0.380 e. The maximum Gasteiger partial charge on any atom is 0.0667 e. The Morgan fingerprint density at radius 3 is 2.53 bits per heavy atom. The highest BCUT2D eigenvalue weighted by atomic mass is 32.1. The second-order valence-electron chi connectivity index (χ2n) is 4.04. The SMILES string of the molecule is COC(C)CNC(C)c1cc(C)sc1C. The molecule has 86 valence electrons. The Balaban J connectivity index is 2.53. The number of rotatable bonds is 5. The minimum Gasteiger partial charge on any atom is -0.380 e. The molecule has 2 unspecified atom stereocenters. The van der Waals surface area contributed by atoms with Crippen LogP contribution in [0.5, 0.6) is 0 Å². The van der Waals surface area contributed by atoms with Crippen molar-refractivity contribution < 1.29 is 4.74 Å². The van der Waals surface area contributed by atoms with Gasteiger partial charge in [-0.2, -0.15) is 0 Å². The van der Waals surface area contributed by atoms with Crippen molar-refractivity contribution in [1.82, 2.24) is 5.32 Å². The van der Waals surface area contributed by atoms with Gasteiger partial charge in [0.2, 0.25) is 0 Å². The number of hydrogen-bond donors (Lipinski definition) is 1. The smallest absolute Gasteiger partial charge is 0.0667 e. The molecule has 0 aliphatic carbocycles. The number of methoxy groups -OCH3 is 1. The Bertz CT molecular complexity index is 309. The van der Waals surface area contributed by atoms with Crippen LogP contribution in [-0.4, -0.2) is 19.8 Å². The molecule has 0 amide bonds. The van der Waals surface area contributed by atoms with Crippen molar-refractivity contribution in [3.05, 3.63) is 21.4 Å². The third kappa shape index (κ3) is 3.59. The Morgan fingerprint density at radius 1 is 1.40 bits per heavy atom. The van der Waals surface area contributed by atoms with Crippen LogP contribution < -0.4 is 5.32 Å². The van der Waals surface area contributed by atoms with Crippen molar-refractivity contribution in [1.29, 1.82) is 0 Å². The molecule has 0 saturated carbocycles. The van der Waals surface area contributed by atoms with Gasteiger partial charge in [-0.3, -0.25) is 0 Å². The molecule has 2 atom stereocenters. The zero-order valence-corrected chi connectivity index (χ0v) is 11.1.